The van der Waals surface area contributed by atoms with Crippen molar-refractivity contribution in [2.45, 2.75) is 19.3 Å². The quantitative estimate of drug-likeness (QED) is 0.713. The maximum atomic E-state index is 11.4. The van der Waals surface area contributed by atoms with E-state index in [0.717, 1.165) is 18.6 Å². The Morgan fingerprint density at radius 2 is 1.93 bits per heavy atom. The fourth-order valence-electron chi connectivity index (χ4n) is 1.45. The molecule has 0 atom stereocenters. The minimum atomic E-state index is 0.111. The highest BCUT2D eigenvalue weighted by Gasteiger charge is 2.15. The Kier molecular flexibility index (Phi) is 2.63. The summed E-state index contributed by atoms with van der Waals surface area (Å²) in [6.45, 7) is 0. The topological polar surface area (TPSA) is 26.3 Å². The number of ether oxygens (including phenoxy) is 1. The van der Waals surface area contributed by atoms with E-state index < -0.39 is 0 Å². The first kappa shape index (κ1) is 9.00. The smallest absolute Gasteiger partial charge is 0.197 e. The van der Waals surface area contributed by atoms with Crippen LogP contribution in [0.2, 0.25) is 0 Å². The molecule has 0 amide bonds. The highest BCUT2D eigenvalue weighted by atomic mass is 16.5. The molecule has 2 heteroatoms. The highest BCUT2D eigenvalue weighted by Crippen LogP contribution is 2.19. The summed E-state index contributed by atoms with van der Waals surface area (Å²) in [5.41, 5.74) is 0. The van der Waals surface area contributed by atoms with Gasteiger partial charge in [0.15, 0.2) is 11.5 Å². The minimum Gasteiger partial charge on any atom is -0.454 e. The summed E-state index contributed by atoms with van der Waals surface area (Å²) < 4.78 is 5.48. The average Bonchev–Trinajstić information content (AvgIpc) is 2.23. The Bertz CT molecular complexity index is 352. The highest BCUT2D eigenvalue weighted by molar-refractivity contribution is 5.94. The number of carbonyl (C=O) groups is 1. The molecule has 1 aromatic rings. The molecule has 0 radical (unpaired) electrons. The second-order valence-corrected chi connectivity index (χ2v) is 3.30. The van der Waals surface area contributed by atoms with Gasteiger partial charge in [0.2, 0.25) is 0 Å². The van der Waals surface area contributed by atoms with Crippen LogP contribution in [0.4, 0.5) is 0 Å². The molecular weight excluding hydrogens is 176 g/mol. The molecule has 0 aliphatic heterocycles. The van der Waals surface area contributed by atoms with Gasteiger partial charge in [-0.05, 0) is 31.1 Å². The zero-order chi connectivity index (χ0) is 9.80. The van der Waals surface area contributed by atoms with Gasteiger partial charge < -0.3 is 4.74 Å². The van der Waals surface area contributed by atoms with Crippen molar-refractivity contribution in [1.82, 2.24) is 0 Å². The van der Waals surface area contributed by atoms with E-state index in [4.69, 9.17) is 4.74 Å². The molecule has 0 heterocycles. The van der Waals surface area contributed by atoms with Crippen LogP contribution in [-0.4, -0.2) is 5.78 Å². The van der Waals surface area contributed by atoms with E-state index in [0.29, 0.717) is 12.2 Å². The molecule has 72 valence electrons. The molecule has 0 aromatic heterocycles. The van der Waals surface area contributed by atoms with E-state index in [1.807, 2.05) is 36.4 Å². The minimum absolute atomic E-state index is 0.111. The van der Waals surface area contributed by atoms with Crippen molar-refractivity contribution in [2.75, 3.05) is 0 Å². The summed E-state index contributed by atoms with van der Waals surface area (Å²) in [4.78, 5) is 11.4. The van der Waals surface area contributed by atoms with Crippen LogP contribution in [0.1, 0.15) is 19.3 Å². The first-order valence-electron chi connectivity index (χ1n) is 4.82. The number of hydrogen-bond donors (Lipinski definition) is 0. The SMILES string of the molecule is O=C1CCCC=C1Oc1ccccc1. The van der Waals surface area contributed by atoms with Gasteiger partial charge in [0, 0.05) is 6.42 Å². The number of carbonyl (C=O) groups excluding carboxylic acids is 1. The van der Waals surface area contributed by atoms with E-state index >= 15 is 0 Å². The van der Waals surface area contributed by atoms with Gasteiger partial charge >= 0.3 is 0 Å². The summed E-state index contributed by atoms with van der Waals surface area (Å²) in [5.74, 6) is 1.34. The molecule has 0 N–H and O–H groups in total. The average molecular weight is 188 g/mol. The van der Waals surface area contributed by atoms with Crippen molar-refractivity contribution in [3.8, 4) is 5.75 Å². The van der Waals surface area contributed by atoms with Crippen LogP contribution in [0.3, 0.4) is 0 Å². The molecule has 2 nitrogen and oxygen atoms in total. The van der Waals surface area contributed by atoms with Gasteiger partial charge in [0.05, 0.1) is 0 Å². The molecule has 0 fully saturated rings. The van der Waals surface area contributed by atoms with Crippen molar-refractivity contribution in [1.29, 1.82) is 0 Å². The molecule has 0 saturated heterocycles. The molecule has 0 saturated carbocycles. The van der Waals surface area contributed by atoms with Crippen LogP contribution in [0.15, 0.2) is 42.2 Å². The number of benzene rings is 1. The Hall–Kier alpha value is -1.57. The lowest BCUT2D eigenvalue weighted by Gasteiger charge is -2.12. The third-order valence-corrected chi connectivity index (χ3v) is 2.18. The normalized spacial score (nSPS) is 16.3. The Morgan fingerprint density at radius 3 is 2.64 bits per heavy atom. The summed E-state index contributed by atoms with van der Waals surface area (Å²) in [5, 5.41) is 0. The predicted octanol–water partition coefficient (Wildman–Crippen LogP) is 2.70. The van der Waals surface area contributed by atoms with Crippen molar-refractivity contribution in [3.05, 3.63) is 42.2 Å². The number of para-hydroxylation sites is 1. The maximum Gasteiger partial charge on any atom is 0.197 e. The third-order valence-electron chi connectivity index (χ3n) is 2.18. The third kappa shape index (κ3) is 2.02. The lowest BCUT2D eigenvalue weighted by molar-refractivity contribution is -0.118. The van der Waals surface area contributed by atoms with Gasteiger partial charge in [0.25, 0.3) is 0 Å². The van der Waals surface area contributed by atoms with Crippen molar-refractivity contribution >= 4 is 5.78 Å². The molecule has 2 rings (SSSR count). The Balaban J connectivity index is 2.11. The van der Waals surface area contributed by atoms with Gasteiger partial charge in [-0.25, -0.2) is 0 Å². The van der Waals surface area contributed by atoms with Gasteiger partial charge in [-0.2, -0.15) is 0 Å². The predicted molar refractivity (Wildman–Crippen MR) is 54.0 cm³/mol. The fraction of sp³-hybridized carbons (Fsp3) is 0.250. The number of hydrogen-bond acceptors (Lipinski definition) is 2. The largest absolute Gasteiger partial charge is 0.454 e. The first-order valence-corrected chi connectivity index (χ1v) is 4.82. The maximum absolute atomic E-state index is 11.4. The standard InChI is InChI=1S/C12H12O2/c13-11-8-4-5-9-12(11)14-10-6-2-1-3-7-10/h1-3,6-7,9H,4-5,8H2. The summed E-state index contributed by atoms with van der Waals surface area (Å²) in [6, 6.07) is 9.40. The van der Waals surface area contributed by atoms with Crippen LogP contribution in [0, 0.1) is 0 Å². The monoisotopic (exact) mass is 188 g/mol. The molecule has 14 heavy (non-hydrogen) atoms. The molecule has 1 aliphatic rings. The first-order chi connectivity index (χ1) is 6.86. The Morgan fingerprint density at radius 1 is 1.14 bits per heavy atom. The lowest BCUT2D eigenvalue weighted by atomic mass is 10.1. The van der Waals surface area contributed by atoms with Crippen LogP contribution in [-0.2, 0) is 4.79 Å². The van der Waals surface area contributed by atoms with E-state index in [1.165, 1.54) is 0 Å². The van der Waals surface area contributed by atoms with Crippen LogP contribution < -0.4 is 4.74 Å². The summed E-state index contributed by atoms with van der Waals surface area (Å²) in [7, 11) is 0. The molecule has 1 aromatic carbocycles. The van der Waals surface area contributed by atoms with E-state index in [9.17, 15) is 4.79 Å². The molecule has 0 unspecified atom stereocenters. The van der Waals surface area contributed by atoms with Crippen LogP contribution in [0.25, 0.3) is 0 Å². The van der Waals surface area contributed by atoms with Crippen LogP contribution >= 0.6 is 0 Å². The zero-order valence-corrected chi connectivity index (χ0v) is 7.90. The molecule has 1 aliphatic carbocycles. The van der Waals surface area contributed by atoms with Gasteiger partial charge in [0.1, 0.15) is 5.75 Å². The summed E-state index contributed by atoms with van der Waals surface area (Å²) >= 11 is 0. The molecule has 0 spiro atoms. The number of Topliss-reactive ketones (excluding diaryl/α,β-unsaturated/α-hetero) is 1. The van der Waals surface area contributed by atoms with Gasteiger partial charge in [-0.15, -0.1) is 0 Å². The van der Waals surface area contributed by atoms with Crippen LogP contribution in [0.5, 0.6) is 5.75 Å². The number of ketones is 1. The van der Waals surface area contributed by atoms with Crippen molar-refractivity contribution < 1.29 is 9.53 Å². The van der Waals surface area contributed by atoms with Crippen molar-refractivity contribution in [3.63, 3.8) is 0 Å². The van der Waals surface area contributed by atoms with E-state index in [2.05, 4.69) is 0 Å². The van der Waals surface area contributed by atoms with Gasteiger partial charge in [-0.3, -0.25) is 4.79 Å². The van der Waals surface area contributed by atoms with E-state index in [-0.39, 0.29) is 5.78 Å². The zero-order valence-electron chi connectivity index (χ0n) is 7.90. The second-order valence-electron chi connectivity index (χ2n) is 3.30. The van der Waals surface area contributed by atoms with E-state index in [1.54, 1.807) is 0 Å². The molecular formula is C12H12O2. The summed E-state index contributed by atoms with van der Waals surface area (Å²) in [6.07, 6.45) is 4.37. The van der Waals surface area contributed by atoms with Crippen molar-refractivity contribution in [2.24, 2.45) is 0 Å². The molecule has 0 bridgehead atoms. The number of rotatable bonds is 2. The second kappa shape index (κ2) is 4.09. The Labute approximate surface area is 83.2 Å². The lowest BCUT2D eigenvalue weighted by Crippen LogP contribution is -2.12. The number of allylic oxidation sites excluding steroid dienone is 2. The fourth-order valence-corrected chi connectivity index (χ4v) is 1.45. The van der Waals surface area contributed by atoms with Gasteiger partial charge in [-0.1, -0.05) is 18.2 Å².